The number of hydrogen-bond donors (Lipinski definition) is 2. The summed E-state index contributed by atoms with van der Waals surface area (Å²) in [5.74, 6) is 1.17. The Labute approximate surface area is 162 Å². The van der Waals surface area contributed by atoms with E-state index in [4.69, 9.17) is 4.74 Å². The lowest BCUT2D eigenvalue weighted by Gasteiger charge is -2.35. The Hall–Kier alpha value is -0.130. The predicted molar refractivity (Wildman–Crippen MR) is 108 cm³/mol. The highest BCUT2D eigenvalue weighted by molar-refractivity contribution is 14.0. The molecule has 3 unspecified atom stereocenters. The van der Waals surface area contributed by atoms with Gasteiger partial charge in [0.15, 0.2) is 15.8 Å². The summed E-state index contributed by atoms with van der Waals surface area (Å²) >= 11 is 0. The van der Waals surface area contributed by atoms with Crippen molar-refractivity contribution >= 4 is 39.8 Å². The van der Waals surface area contributed by atoms with Crippen molar-refractivity contribution in [2.45, 2.75) is 44.9 Å². The monoisotopic (exact) mass is 474 g/mol. The first-order valence-electron chi connectivity index (χ1n) is 8.43. The van der Waals surface area contributed by atoms with E-state index in [0.717, 1.165) is 32.6 Å². The van der Waals surface area contributed by atoms with Gasteiger partial charge >= 0.3 is 0 Å². The zero-order valence-corrected chi connectivity index (χ0v) is 18.0. The molecule has 142 valence electrons. The molecule has 2 heterocycles. The van der Waals surface area contributed by atoms with Crippen LogP contribution in [0.5, 0.6) is 0 Å². The van der Waals surface area contributed by atoms with Crippen LogP contribution in [-0.4, -0.2) is 82.3 Å². The van der Waals surface area contributed by atoms with E-state index in [-0.39, 0.29) is 41.5 Å². The van der Waals surface area contributed by atoms with Crippen LogP contribution in [0.2, 0.25) is 0 Å². The van der Waals surface area contributed by atoms with E-state index in [1.54, 1.807) is 7.05 Å². The van der Waals surface area contributed by atoms with Crippen molar-refractivity contribution in [3.05, 3.63) is 0 Å². The Kier molecular flexibility index (Phi) is 9.24. The number of aliphatic imine (C=N–C) groups is 1. The van der Waals surface area contributed by atoms with Gasteiger partial charge in [-0.2, -0.15) is 0 Å². The summed E-state index contributed by atoms with van der Waals surface area (Å²) in [7, 11) is -1.15. The van der Waals surface area contributed by atoms with Gasteiger partial charge in [0.05, 0.1) is 23.7 Å². The molecule has 0 aliphatic carbocycles. The summed E-state index contributed by atoms with van der Waals surface area (Å²) in [6, 6.07) is -0.0212. The average Bonchev–Trinajstić information content (AvgIpc) is 2.80. The van der Waals surface area contributed by atoms with Gasteiger partial charge in [-0.3, -0.25) is 9.89 Å². The van der Waals surface area contributed by atoms with E-state index < -0.39 is 9.84 Å². The Morgan fingerprint density at radius 2 is 1.96 bits per heavy atom. The highest BCUT2D eigenvalue weighted by atomic mass is 127. The number of halogens is 1. The second-order valence-corrected chi connectivity index (χ2v) is 8.84. The second-order valence-electron chi connectivity index (χ2n) is 6.61. The van der Waals surface area contributed by atoms with Crippen molar-refractivity contribution in [2.75, 3.05) is 44.7 Å². The first-order chi connectivity index (χ1) is 10.9. The summed E-state index contributed by atoms with van der Waals surface area (Å²) in [6.45, 7) is 8.04. The van der Waals surface area contributed by atoms with Crippen molar-refractivity contribution in [3.63, 3.8) is 0 Å². The number of ether oxygens (including phenoxy) is 1. The number of sulfone groups is 1. The molecular weight excluding hydrogens is 443 g/mol. The number of rotatable bonds is 5. The van der Waals surface area contributed by atoms with Gasteiger partial charge in [0.1, 0.15) is 0 Å². The van der Waals surface area contributed by atoms with Gasteiger partial charge in [0.25, 0.3) is 0 Å². The van der Waals surface area contributed by atoms with Gasteiger partial charge in [0, 0.05) is 39.3 Å². The predicted octanol–water partition coefficient (Wildman–Crippen LogP) is 0.456. The van der Waals surface area contributed by atoms with E-state index >= 15 is 0 Å². The second kappa shape index (κ2) is 10.1. The normalized spacial score (nSPS) is 30.6. The number of hydrogen-bond acceptors (Lipinski definition) is 5. The van der Waals surface area contributed by atoms with Crippen molar-refractivity contribution in [1.82, 2.24) is 15.5 Å². The van der Waals surface area contributed by atoms with Crippen LogP contribution in [0.4, 0.5) is 0 Å². The van der Waals surface area contributed by atoms with Crippen LogP contribution in [0.25, 0.3) is 0 Å². The van der Waals surface area contributed by atoms with Crippen LogP contribution in [0.1, 0.15) is 26.7 Å². The number of nitrogens with zero attached hydrogens (tertiary/aromatic N) is 2. The molecule has 2 aliphatic heterocycles. The summed E-state index contributed by atoms with van der Waals surface area (Å²) in [4.78, 5) is 6.60. The third-order valence-corrected chi connectivity index (χ3v) is 6.00. The van der Waals surface area contributed by atoms with Crippen LogP contribution in [0.3, 0.4) is 0 Å². The third-order valence-electron chi connectivity index (χ3n) is 4.24. The van der Waals surface area contributed by atoms with Crippen molar-refractivity contribution < 1.29 is 13.2 Å². The van der Waals surface area contributed by atoms with Gasteiger partial charge in [-0.15, -0.1) is 24.0 Å². The summed E-state index contributed by atoms with van der Waals surface area (Å²) in [6.07, 6.45) is 2.27. The van der Waals surface area contributed by atoms with Crippen molar-refractivity contribution in [1.29, 1.82) is 0 Å². The SMILES string of the molecule is CN=C(NCCCN1CC(C)OC(C)C1)NC1CCS(=O)(=O)C1.I. The smallest absolute Gasteiger partial charge is 0.191 e. The molecular formula is C15H31IN4O3S. The maximum atomic E-state index is 11.5. The van der Waals surface area contributed by atoms with Crippen molar-refractivity contribution in [3.8, 4) is 0 Å². The lowest BCUT2D eigenvalue weighted by atomic mass is 10.2. The zero-order valence-electron chi connectivity index (χ0n) is 14.8. The fourth-order valence-corrected chi connectivity index (χ4v) is 4.95. The summed E-state index contributed by atoms with van der Waals surface area (Å²) in [5, 5.41) is 6.47. The van der Waals surface area contributed by atoms with E-state index in [1.165, 1.54) is 0 Å². The van der Waals surface area contributed by atoms with E-state index in [1.807, 2.05) is 0 Å². The van der Waals surface area contributed by atoms with Crippen molar-refractivity contribution in [2.24, 2.45) is 4.99 Å². The topological polar surface area (TPSA) is 83.0 Å². The number of morpholine rings is 1. The highest BCUT2D eigenvalue weighted by Gasteiger charge is 2.28. The third kappa shape index (κ3) is 7.40. The first-order valence-corrected chi connectivity index (χ1v) is 10.3. The minimum atomic E-state index is -2.86. The fraction of sp³-hybridized carbons (Fsp3) is 0.933. The molecule has 3 atom stereocenters. The van der Waals surface area contributed by atoms with Crippen LogP contribution >= 0.6 is 24.0 Å². The quantitative estimate of drug-likeness (QED) is 0.261. The van der Waals surface area contributed by atoms with Crippen LogP contribution in [0.15, 0.2) is 4.99 Å². The molecule has 9 heteroatoms. The molecule has 0 aromatic rings. The Morgan fingerprint density at radius 3 is 2.50 bits per heavy atom. The minimum absolute atomic E-state index is 0. The number of guanidine groups is 1. The number of nitrogens with one attached hydrogen (secondary N) is 2. The molecule has 0 amide bonds. The van der Waals surface area contributed by atoms with Crippen LogP contribution in [0, 0.1) is 0 Å². The average molecular weight is 474 g/mol. The molecule has 2 saturated heterocycles. The molecule has 0 spiro atoms. The molecule has 7 nitrogen and oxygen atoms in total. The van der Waals surface area contributed by atoms with Crippen LogP contribution < -0.4 is 10.6 Å². The Bertz CT molecular complexity index is 505. The minimum Gasteiger partial charge on any atom is -0.373 e. The lowest BCUT2D eigenvalue weighted by Crippen LogP contribution is -2.47. The van der Waals surface area contributed by atoms with Crippen LogP contribution in [-0.2, 0) is 14.6 Å². The molecule has 0 radical (unpaired) electrons. The van der Waals surface area contributed by atoms with Gasteiger partial charge in [-0.1, -0.05) is 0 Å². The molecule has 0 aromatic heterocycles. The maximum absolute atomic E-state index is 11.5. The summed E-state index contributed by atoms with van der Waals surface area (Å²) in [5.41, 5.74) is 0. The van der Waals surface area contributed by atoms with E-state index in [9.17, 15) is 8.42 Å². The van der Waals surface area contributed by atoms with E-state index in [2.05, 4.69) is 34.4 Å². The zero-order chi connectivity index (χ0) is 16.9. The maximum Gasteiger partial charge on any atom is 0.191 e. The van der Waals surface area contributed by atoms with Gasteiger partial charge in [-0.25, -0.2) is 8.42 Å². The standard InChI is InChI=1S/C15H30N4O3S.HI/c1-12-9-19(10-13(2)22-12)7-4-6-17-15(16-3)18-14-5-8-23(20,21)11-14;/h12-14H,4-11H2,1-3H3,(H2,16,17,18);1H. The summed E-state index contributed by atoms with van der Waals surface area (Å²) < 4.78 is 28.7. The molecule has 0 bridgehead atoms. The Balaban J connectivity index is 0.00000288. The van der Waals surface area contributed by atoms with Gasteiger partial charge in [0.2, 0.25) is 0 Å². The van der Waals surface area contributed by atoms with Gasteiger partial charge in [-0.05, 0) is 26.7 Å². The van der Waals surface area contributed by atoms with Gasteiger partial charge < -0.3 is 15.4 Å². The molecule has 2 fully saturated rings. The first kappa shape index (κ1) is 21.9. The molecule has 2 aliphatic rings. The molecule has 2 rings (SSSR count). The highest BCUT2D eigenvalue weighted by Crippen LogP contribution is 2.11. The molecule has 0 saturated carbocycles. The van der Waals surface area contributed by atoms with E-state index in [0.29, 0.717) is 24.6 Å². The molecule has 0 aromatic carbocycles. The molecule has 24 heavy (non-hydrogen) atoms. The lowest BCUT2D eigenvalue weighted by molar-refractivity contribution is -0.0679. The molecule has 2 N–H and O–H groups in total. The Morgan fingerprint density at radius 1 is 1.29 bits per heavy atom. The fourth-order valence-electron chi connectivity index (χ4n) is 3.27. The largest absolute Gasteiger partial charge is 0.373 e.